The second-order valence-electron chi connectivity index (χ2n) is 7.29. The standard InChI is InChI=1S/C23H22ClN5O2S/c24-15-5-7-17(8-6-15)27-23(31)28-21(19-3-2-14-32-19)22(30)26-16-9-11-18(12-10-16)29-13-1-4-20(29)25/h2-3,5-12,14,21,25H,1,4,13H2,(H,26,30)(H2,27,28,31)/t21-/m1/s1. The molecule has 4 N–H and O–H groups in total. The van der Waals surface area contributed by atoms with Gasteiger partial charge in [0, 0.05) is 39.9 Å². The highest BCUT2D eigenvalue weighted by Gasteiger charge is 2.24. The first-order valence-corrected chi connectivity index (χ1v) is 11.4. The minimum absolute atomic E-state index is 0.347. The quantitative estimate of drug-likeness (QED) is 0.386. The maximum atomic E-state index is 13.0. The van der Waals surface area contributed by atoms with Gasteiger partial charge in [0.05, 0.1) is 0 Å². The number of urea groups is 1. The van der Waals surface area contributed by atoms with Crippen molar-refractivity contribution in [2.75, 3.05) is 22.1 Å². The zero-order chi connectivity index (χ0) is 22.5. The summed E-state index contributed by atoms with van der Waals surface area (Å²) in [6, 6.07) is 16.4. The summed E-state index contributed by atoms with van der Waals surface area (Å²) in [6.07, 6.45) is 1.76. The molecular weight excluding hydrogens is 446 g/mol. The topological polar surface area (TPSA) is 97.3 Å². The average Bonchev–Trinajstić information content (AvgIpc) is 3.46. The van der Waals surface area contributed by atoms with E-state index in [0.29, 0.717) is 22.2 Å². The van der Waals surface area contributed by atoms with Crippen molar-refractivity contribution in [2.45, 2.75) is 18.9 Å². The van der Waals surface area contributed by atoms with Gasteiger partial charge in [-0.3, -0.25) is 10.2 Å². The third-order valence-electron chi connectivity index (χ3n) is 5.04. The second-order valence-corrected chi connectivity index (χ2v) is 8.71. The van der Waals surface area contributed by atoms with Crippen LogP contribution in [0, 0.1) is 5.41 Å². The van der Waals surface area contributed by atoms with Crippen molar-refractivity contribution in [2.24, 2.45) is 0 Å². The van der Waals surface area contributed by atoms with Gasteiger partial charge in [0.1, 0.15) is 11.9 Å². The maximum absolute atomic E-state index is 13.0. The van der Waals surface area contributed by atoms with Crippen molar-refractivity contribution in [1.82, 2.24) is 5.32 Å². The first kappa shape index (κ1) is 21.9. The highest BCUT2D eigenvalue weighted by atomic mass is 35.5. The predicted octanol–water partition coefficient (Wildman–Crippen LogP) is 5.48. The van der Waals surface area contributed by atoms with E-state index in [0.717, 1.165) is 30.0 Å². The lowest BCUT2D eigenvalue weighted by Gasteiger charge is -2.20. The number of amides is 3. The highest BCUT2D eigenvalue weighted by Crippen LogP contribution is 2.25. The van der Waals surface area contributed by atoms with Gasteiger partial charge in [-0.15, -0.1) is 11.3 Å². The van der Waals surface area contributed by atoms with Gasteiger partial charge in [0.15, 0.2) is 0 Å². The van der Waals surface area contributed by atoms with E-state index >= 15 is 0 Å². The monoisotopic (exact) mass is 467 g/mol. The summed E-state index contributed by atoms with van der Waals surface area (Å²) in [5.74, 6) is 0.260. The lowest BCUT2D eigenvalue weighted by molar-refractivity contribution is -0.118. The molecule has 164 valence electrons. The molecule has 1 aliphatic rings. The number of benzene rings is 2. The molecule has 1 aromatic heterocycles. The van der Waals surface area contributed by atoms with E-state index in [1.807, 2.05) is 28.5 Å². The summed E-state index contributed by atoms with van der Waals surface area (Å²) in [4.78, 5) is 28.2. The van der Waals surface area contributed by atoms with Gasteiger partial charge >= 0.3 is 6.03 Å². The Kier molecular flexibility index (Phi) is 6.72. The van der Waals surface area contributed by atoms with E-state index in [9.17, 15) is 9.59 Å². The van der Waals surface area contributed by atoms with Gasteiger partial charge < -0.3 is 20.9 Å². The number of nitrogens with one attached hydrogen (secondary N) is 4. The second kappa shape index (κ2) is 9.84. The van der Waals surface area contributed by atoms with Crippen LogP contribution in [-0.4, -0.2) is 24.3 Å². The van der Waals surface area contributed by atoms with E-state index in [1.54, 1.807) is 42.5 Å². The third-order valence-corrected chi connectivity index (χ3v) is 6.22. The summed E-state index contributed by atoms with van der Waals surface area (Å²) >= 11 is 7.27. The van der Waals surface area contributed by atoms with E-state index in [1.165, 1.54) is 11.3 Å². The normalized spacial score (nSPS) is 14.2. The van der Waals surface area contributed by atoms with Crippen LogP contribution in [0.2, 0.25) is 5.02 Å². The van der Waals surface area contributed by atoms with E-state index in [4.69, 9.17) is 17.0 Å². The predicted molar refractivity (Wildman–Crippen MR) is 130 cm³/mol. The van der Waals surface area contributed by atoms with E-state index in [-0.39, 0.29) is 5.91 Å². The molecule has 2 aromatic carbocycles. The Hall–Kier alpha value is -3.36. The minimum Gasteiger partial charge on any atom is -0.330 e. The number of hydrogen-bond acceptors (Lipinski definition) is 4. The Morgan fingerprint density at radius 3 is 2.31 bits per heavy atom. The maximum Gasteiger partial charge on any atom is 0.320 e. The molecule has 1 fully saturated rings. The fraction of sp³-hybridized carbons (Fsp3) is 0.174. The fourth-order valence-electron chi connectivity index (χ4n) is 3.45. The van der Waals surface area contributed by atoms with Crippen LogP contribution < -0.4 is 20.9 Å². The zero-order valence-corrected chi connectivity index (χ0v) is 18.7. The number of hydrogen-bond donors (Lipinski definition) is 4. The van der Waals surface area contributed by atoms with Crippen LogP contribution >= 0.6 is 22.9 Å². The van der Waals surface area contributed by atoms with Crippen LogP contribution in [0.3, 0.4) is 0 Å². The Morgan fingerprint density at radius 2 is 1.69 bits per heavy atom. The number of rotatable bonds is 6. The summed E-state index contributed by atoms with van der Waals surface area (Å²) in [6.45, 7) is 0.831. The molecule has 3 amide bonds. The Bertz CT molecular complexity index is 1100. The molecule has 9 heteroatoms. The molecule has 4 rings (SSSR count). The molecule has 32 heavy (non-hydrogen) atoms. The van der Waals surface area contributed by atoms with Gasteiger partial charge in [0.25, 0.3) is 5.91 Å². The molecule has 1 saturated heterocycles. The van der Waals surface area contributed by atoms with Crippen molar-refractivity contribution < 1.29 is 9.59 Å². The van der Waals surface area contributed by atoms with Gasteiger partial charge in [-0.2, -0.15) is 0 Å². The molecular formula is C23H22ClN5O2S. The van der Waals surface area contributed by atoms with Crippen LogP contribution in [0.15, 0.2) is 66.0 Å². The van der Waals surface area contributed by atoms with Crippen molar-refractivity contribution in [3.05, 3.63) is 75.9 Å². The molecule has 0 bridgehead atoms. The SMILES string of the molecule is N=C1CCCN1c1ccc(NC(=O)[C@H](NC(=O)Nc2ccc(Cl)cc2)c2cccs2)cc1. The number of thiophene rings is 1. The minimum atomic E-state index is -0.853. The number of amidine groups is 1. The molecule has 0 saturated carbocycles. The molecule has 0 spiro atoms. The van der Waals surface area contributed by atoms with Crippen molar-refractivity contribution in [1.29, 1.82) is 5.41 Å². The fourth-order valence-corrected chi connectivity index (χ4v) is 4.35. The van der Waals surface area contributed by atoms with Crippen LogP contribution in [0.1, 0.15) is 23.8 Å². The number of anilines is 3. The molecule has 2 heterocycles. The van der Waals surface area contributed by atoms with Gasteiger partial charge in [-0.1, -0.05) is 17.7 Å². The van der Waals surface area contributed by atoms with Crippen LogP contribution in [0.5, 0.6) is 0 Å². The van der Waals surface area contributed by atoms with Gasteiger partial charge in [-0.05, 0) is 66.4 Å². The Morgan fingerprint density at radius 1 is 1.00 bits per heavy atom. The number of nitrogens with zero attached hydrogens (tertiary/aromatic N) is 1. The first-order chi connectivity index (χ1) is 15.5. The summed E-state index contributed by atoms with van der Waals surface area (Å²) < 4.78 is 0. The van der Waals surface area contributed by atoms with Gasteiger partial charge in [-0.25, -0.2) is 4.79 Å². The summed E-state index contributed by atoms with van der Waals surface area (Å²) in [5.41, 5.74) is 2.12. The van der Waals surface area contributed by atoms with E-state index < -0.39 is 12.1 Å². The van der Waals surface area contributed by atoms with Crippen molar-refractivity contribution >= 4 is 57.8 Å². The molecule has 0 radical (unpaired) electrons. The largest absolute Gasteiger partial charge is 0.330 e. The molecule has 0 aliphatic carbocycles. The third kappa shape index (κ3) is 5.27. The number of halogens is 1. The van der Waals surface area contributed by atoms with Crippen LogP contribution in [0.25, 0.3) is 0 Å². The number of carbonyl (C=O) groups is 2. The summed E-state index contributed by atoms with van der Waals surface area (Å²) in [7, 11) is 0. The molecule has 3 aromatic rings. The Balaban J connectivity index is 1.43. The molecule has 0 unspecified atom stereocenters. The lowest BCUT2D eigenvalue weighted by atomic mass is 10.2. The zero-order valence-electron chi connectivity index (χ0n) is 17.1. The average molecular weight is 468 g/mol. The number of carbonyl (C=O) groups excluding carboxylic acids is 2. The van der Waals surface area contributed by atoms with Crippen molar-refractivity contribution in [3.63, 3.8) is 0 Å². The van der Waals surface area contributed by atoms with Crippen LogP contribution in [0.4, 0.5) is 21.9 Å². The first-order valence-electron chi connectivity index (χ1n) is 10.1. The highest BCUT2D eigenvalue weighted by molar-refractivity contribution is 7.10. The molecule has 7 nitrogen and oxygen atoms in total. The van der Waals surface area contributed by atoms with Gasteiger partial charge in [0.2, 0.25) is 0 Å². The Labute approximate surface area is 194 Å². The van der Waals surface area contributed by atoms with Crippen LogP contribution in [-0.2, 0) is 4.79 Å². The smallest absolute Gasteiger partial charge is 0.320 e. The van der Waals surface area contributed by atoms with E-state index in [2.05, 4.69) is 16.0 Å². The lowest BCUT2D eigenvalue weighted by Crippen LogP contribution is -2.39. The molecule has 1 atom stereocenters. The molecule has 1 aliphatic heterocycles. The van der Waals surface area contributed by atoms with Crippen molar-refractivity contribution in [3.8, 4) is 0 Å². The summed E-state index contributed by atoms with van der Waals surface area (Å²) in [5, 5.41) is 18.8.